The fourth-order valence-electron chi connectivity index (χ4n) is 5.91. The van der Waals surface area contributed by atoms with Crippen LogP contribution in [0.5, 0.6) is 0 Å². The van der Waals surface area contributed by atoms with E-state index in [-0.39, 0.29) is 11.5 Å². The summed E-state index contributed by atoms with van der Waals surface area (Å²) >= 11 is 0. The van der Waals surface area contributed by atoms with Crippen molar-refractivity contribution < 1.29 is 16.8 Å². The van der Waals surface area contributed by atoms with Crippen LogP contribution in [0.2, 0.25) is 0 Å². The van der Waals surface area contributed by atoms with E-state index in [2.05, 4.69) is 13.8 Å². The molecule has 0 aromatic heterocycles. The van der Waals surface area contributed by atoms with E-state index in [0.29, 0.717) is 12.8 Å². The fraction of sp³-hybridized carbons (Fsp3) is 1.00. The van der Waals surface area contributed by atoms with Crippen molar-refractivity contribution in [3.8, 4) is 0 Å². The lowest BCUT2D eigenvalue weighted by atomic mass is 10.0. The first-order valence-electron chi connectivity index (χ1n) is 18.8. The molecule has 0 bridgehead atoms. The molecule has 0 heterocycles. The minimum atomic E-state index is -4.03. The zero-order valence-corrected chi connectivity index (χ0v) is 30.1. The summed E-state index contributed by atoms with van der Waals surface area (Å²) in [5.74, 6) is -0.404. The molecule has 42 heavy (non-hydrogen) atoms. The van der Waals surface area contributed by atoms with Gasteiger partial charge in [-0.2, -0.15) is 0 Å². The van der Waals surface area contributed by atoms with Crippen molar-refractivity contribution >= 4 is 17.7 Å². The maximum absolute atomic E-state index is 12.4. The van der Waals surface area contributed by atoms with Crippen molar-refractivity contribution in [1.82, 2.24) is 0 Å². The standard InChI is InChI=1S/C36H74O4S2/c1-3-5-7-9-11-13-15-17-19-21-23-25-27-29-31-33-35-41(37,38)42(39,40)36-34-32-30-28-26-24-22-20-18-16-14-12-10-8-6-4-2/h3-36H2,1-2H3. The van der Waals surface area contributed by atoms with E-state index in [1.165, 1.54) is 154 Å². The molecule has 0 atom stereocenters. The van der Waals surface area contributed by atoms with Gasteiger partial charge in [0.05, 0.1) is 11.5 Å². The second-order valence-electron chi connectivity index (χ2n) is 13.1. The van der Waals surface area contributed by atoms with Gasteiger partial charge in [0.25, 0.3) is 17.7 Å². The summed E-state index contributed by atoms with van der Waals surface area (Å²) < 4.78 is 49.6. The SMILES string of the molecule is CCCCCCCCCCCCCCCCCCS(=O)(=O)S(=O)(=O)CCCCCCCCCCCCCCCCCC. The highest BCUT2D eigenvalue weighted by Gasteiger charge is 2.28. The first-order chi connectivity index (χ1) is 20.4. The normalized spacial score (nSPS) is 12.3. The van der Waals surface area contributed by atoms with Gasteiger partial charge in [0.1, 0.15) is 0 Å². The molecule has 0 unspecified atom stereocenters. The lowest BCUT2D eigenvalue weighted by molar-refractivity contribution is 0.530. The summed E-state index contributed by atoms with van der Waals surface area (Å²) in [5, 5.41) is 0. The van der Waals surface area contributed by atoms with Gasteiger partial charge < -0.3 is 0 Å². The molecule has 0 aliphatic rings. The molecular weight excluding hydrogens is 561 g/mol. The zero-order valence-electron chi connectivity index (χ0n) is 28.5. The molecule has 0 rings (SSSR count). The van der Waals surface area contributed by atoms with Crippen LogP contribution in [0.15, 0.2) is 0 Å². The Morgan fingerprint density at radius 1 is 0.238 bits per heavy atom. The Balaban J connectivity index is 3.55. The van der Waals surface area contributed by atoms with Crippen LogP contribution in [-0.2, 0) is 17.7 Å². The summed E-state index contributed by atoms with van der Waals surface area (Å²) in [5.41, 5.74) is 0. The van der Waals surface area contributed by atoms with Gasteiger partial charge in [-0.05, 0) is 12.8 Å². The molecule has 0 radical (unpaired) electrons. The maximum Gasteiger partial charge on any atom is 0.253 e. The zero-order chi connectivity index (χ0) is 31.0. The minimum Gasteiger partial charge on any atom is -0.213 e. The largest absolute Gasteiger partial charge is 0.253 e. The van der Waals surface area contributed by atoms with Gasteiger partial charge in [-0.25, -0.2) is 16.8 Å². The van der Waals surface area contributed by atoms with E-state index in [9.17, 15) is 16.8 Å². The van der Waals surface area contributed by atoms with E-state index in [4.69, 9.17) is 0 Å². The van der Waals surface area contributed by atoms with Crippen molar-refractivity contribution in [2.24, 2.45) is 0 Å². The average molecular weight is 635 g/mol. The van der Waals surface area contributed by atoms with Crippen LogP contribution in [0.1, 0.15) is 219 Å². The highest BCUT2D eigenvalue weighted by molar-refractivity contribution is 8.67. The molecule has 0 aliphatic heterocycles. The van der Waals surface area contributed by atoms with E-state index in [0.717, 1.165) is 38.5 Å². The van der Waals surface area contributed by atoms with Gasteiger partial charge in [0, 0.05) is 0 Å². The summed E-state index contributed by atoms with van der Waals surface area (Å²) in [7, 11) is -8.06. The summed E-state index contributed by atoms with van der Waals surface area (Å²) in [6.45, 7) is 4.53. The molecule has 0 aromatic carbocycles. The molecule has 0 saturated heterocycles. The minimum absolute atomic E-state index is 0.202. The molecule has 4 nitrogen and oxygen atoms in total. The first kappa shape index (κ1) is 41.9. The predicted octanol–water partition coefficient (Wildman–Crippen LogP) is 12.3. The van der Waals surface area contributed by atoms with Crippen LogP contribution >= 0.6 is 0 Å². The highest BCUT2D eigenvalue weighted by atomic mass is 33.2. The quantitative estimate of drug-likeness (QED) is 0.0514. The molecule has 0 aromatic rings. The Kier molecular flexibility index (Phi) is 30.8. The maximum atomic E-state index is 12.4. The van der Waals surface area contributed by atoms with Gasteiger partial charge in [-0.3, -0.25) is 0 Å². The van der Waals surface area contributed by atoms with Crippen LogP contribution in [0.3, 0.4) is 0 Å². The third-order valence-electron chi connectivity index (χ3n) is 8.88. The second kappa shape index (κ2) is 30.9. The fourth-order valence-corrected chi connectivity index (χ4v) is 9.76. The Morgan fingerprint density at radius 3 is 0.548 bits per heavy atom. The number of hydrogen-bond acceptors (Lipinski definition) is 4. The van der Waals surface area contributed by atoms with Gasteiger partial charge in [0.2, 0.25) is 0 Å². The summed E-state index contributed by atoms with van der Waals surface area (Å²) in [6.07, 6.45) is 39.1. The second-order valence-corrected chi connectivity index (χ2v) is 19.2. The molecule has 0 N–H and O–H groups in total. The van der Waals surface area contributed by atoms with Crippen molar-refractivity contribution in [1.29, 1.82) is 0 Å². The van der Waals surface area contributed by atoms with Crippen LogP contribution in [0, 0.1) is 0 Å². The predicted molar refractivity (Wildman–Crippen MR) is 187 cm³/mol. The third-order valence-corrected chi connectivity index (χ3v) is 14.6. The smallest absolute Gasteiger partial charge is 0.213 e. The van der Waals surface area contributed by atoms with Gasteiger partial charge >= 0.3 is 0 Å². The molecule has 0 spiro atoms. The van der Waals surface area contributed by atoms with Crippen molar-refractivity contribution in [2.75, 3.05) is 11.5 Å². The van der Waals surface area contributed by atoms with Crippen molar-refractivity contribution in [3.05, 3.63) is 0 Å². The van der Waals surface area contributed by atoms with Gasteiger partial charge in [-0.15, -0.1) is 0 Å². The topological polar surface area (TPSA) is 68.3 Å². The van der Waals surface area contributed by atoms with Crippen LogP contribution in [-0.4, -0.2) is 28.3 Å². The van der Waals surface area contributed by atoms with Crippen molar-refractivity contribution in [3.63, 3.8) is 0 Å². The van der Waals surface area contributed by atoms with E-state index in [1.54, 1.807) is 0 Å². The van der Waals surface area contributed by atoms with Gasteiger partial charge in [-0.1, -0.05) is 206 Å². The number of rotatable bonds is 35. The van der Waals surface area contributed by atoms with Crippen LogP contribution < -0.4 is 0 Å². The average Bonchev–Trinajstić information content (AvgIpc) is 2.96. The van der Waals surface area contributed by atoms with Crippen LogP contribution in [0.4, 0.5) is 0 Å². The lowest BCUT2D eigenvalue weighted by Crippen LogP contribution is -2.22. The summed E-state index contributed by atoms with van der Waals surface area (Å²) in [4.78, 5) is 0. The van der Waals surface area contributed by atoms with E-state index >= 15 is 0 Å². The molecule has 0 saturated carbocycles. The number of unbranched alkanes of at least 4 members (excludes halogenated alkanes) is 30. The molecule has 0 fully saturated rings. The Bertz CT molecular complexity index is 682. The first-order valence-corrected chi connectivity index (χ1v) is 22.6. The highest BCUT2D eigenvalue weighted by Crippen LogP contribution is 2.17. The van der Waals surface area contributed by atoms with Gasteiger partial charge in [0.15, 0.2) is 0 Å². The Morgan fingerprint density at radius 2 is 0.381 bits per heavy atom. The van der Waals surface area contributed by atoms with E-state index in [1.807, 2.05) is 0 Å². The summed E-state index contributed by atoms with van der Waals surface area (Å²) in [6, 6.07) is 0. The monoisotopic (exact) mass is 635 g/mol. The Labute approximate surface area is 264 Å². The molecule has 254 valence electrons. The number of hydrogen-bond donors (Lipinski definition) is 0. The Hall–Kier alpha value is -0.100. The van der Waals surface area contributed by atoms with E-state index < -0.39 is 17.7 Å². The van der Waals surface area contributed by atoms with Crippen LogP contribution in [0.25, 0.3) is 0 Å². The molecule has 6 heteroatoms. The van der Waals surface area contributed by atoms with Crippen molar-refractivity contribution in [2.45, 2.75) is 219 Å². The third kappa shape index (κ3) is 27.4. The lowest BCUT2D eigenvalue weighted by Gasteiger charge is -2.07. The molecular formula is C36H74O4S2. The molecule has 0 amide bonds. The molecule has 0 aliphatic carbocycles.